The number of hydrogen-bond donors (Lipinski definition) is 2. The molecule has 0 unspecified atom stereocenters. The van der Waals surface area contributed by atoms with Gasteiger partial charge in [-0.2, -0.15) is 0 Å². The molecule has 1 aliphatic heterocycles. The first-order valence-electron chi connectivity index (χ1n) is 7.03. The number of amides is 1. The number of carbonyl (C=O) groups excluding carboxylic acids is 1. The molecule has 1 aliphatic rings. The highest BCUT2D eigenvalue weighted by Gasteiger charge is 2.17. The van der Waals surface area contributed by atoms with Gasteiger partial charge in [0.25, 0.3) is 5.91 Å². The first-order valence-corrected chi connectivity index (χ1v) is 7.03. The molecule has 0 radical (unpaired) electrons. The van der Waals surface area contributed by atoms with E-state index in [1.54, 1.807) is 6.92 Å². The van der Waals surface area contributed by atoms with Crippen molar-refractivity contribution in [2.24, 2.45) is 0 Å². The highest BCUT2D eigenvalue weighted by Crippen LogP contribution is 2.25. The Hall–Kier alpha value is -1.66. The van der Waals surface area contributed by atoms with Crippen LogP contribution in [0.25, 0.3) is 0 Å². The maximum absolute atomic E-state index is 13.2. The van der Waals surface area contributed by atoms with Gasteiger partial charge in [-0.05, 0) is 31.9 Å². The minimum Gasteiger partial charge on any atom is -0.483 e. The molecule has 1 amide bonds. The highest BCUT2D eigenvalue weighted by atomic mass is 19.1. The van der Waals surface area contributed by atoms with Gasteiger partial charge in [-0.1, -0.05) is 0 Å². The zero-order valence-corrected chi connectivity index (χ0v) is 12.0. The Balaban J connectivity index is 1.89. The average molecular weight is 297 g/mol. The summed E-state index contributed by atoms with van der Waals surface area (Å²) in [7, 11) is 0. The van der Waals surface area contributed by atoms with E-state index in [0.717, 1.165) is 12.8 Å². The van der Waals surface area contributed by atoms with Crippen LogP contribution in [-0.2, 0) is 9.53 Å². The number of nitrogens with one attached hydrogen (secondary N) is 1. The minimum atomic E-state index is -0.792. The van der Waals surface area contributed by atoms with Gasteiger partial charge < -0.3 is 19.9 Å². The molecule has 1 aromatic carbocycles. The van der Waals surface area contributed by atoms with Crippen LogP contribution in [0.5, 0.6) is 5.75 Å². The number of ether oxygens (including phenoxy) is 2. The van der Waals surface area contributed by atoms with Gasteiger partial charge in [0.15, 0.2) is 6.61 Å². The zero-order valence-electron chi connectivity index (χ0n) is 12.0. The molecule has 1 heterocycles. The van der Waals surface area contributed by atoms with E-state index in [4.69, 9.17) is 9.47 Å². The molecule has 0 saturated carbocycles. The normalized spacial score (nSPS) is 17.3. The van der Waals surface area contributed by atoms with Gasteiger partial charge >= 0.3 is 0 Å². The Morgan fingerprint density at radius 1 is 1.52 bits per heavy atom. The van der Waals surface area contributed by atoms with Crippen molar-refractivity contribution < 1.29 is 23.8 Å². The summed E-state index contributed by atoms with van der Waals surface area (Å²) in [5.41, 5.74) is 0.454. The van der Waals surface area contributed by atoms with E-state index in [1.165, 1.54) is 18.2 Å². The van der Waals surface area contributed by atoms with Crippen LogP contribution < -0.4 is 10.1 Å². The van der Waals surface area contributed by atoms with Crippen LogP contribution in [0, 0.1) is 5.82 Å². The first kappa shape index (κ1) is 15.7. The van der Waals surface area contributed by atoms with Crippen molar-refractivity contribution in [3.05, 3.63) is 29.6 Å². The summed E-state index contributed by atoms with van der Waals surface area (Å²) < 4.78 is 23.8. The summed E-state index contributed by atoms with van der Waals surface area (Å²) in [6.45, 7) is 2.63. The van der Waals surface area contributed by atoms with Crippen LogP contribution in [-0.4, -0.2) is 36.9 Å². The molecular formula is C15H20FNO4. The highest BCUT2D eigenvalue weighted by molar-refractivity contribution is 5.77. The predicted molar refractivity (Wildman–Crippen MR) is 74.5 cm³/mol. The summed E-state index contributed by atoms with van der Waals surface area (Å²) in [4.78, 5) is 11.8. The lowest BCUT2D eigenvalue weighted by atomic mass is 10.1. The maximum Gasteiger partial charge on any atom is 0.258 e. The molecule has 0 aromatic heterocycles. The van der Waals surface area contributed by atoms with E-state index in [-0.39, 0.29) is 24.3 Å². The molecule has 0 aliphatic carbocycles. The smallest absolute Gasteiger partial charge is 0.258 e. The van der Waals surface area contributed by atoms with Crippen LogP contribution in [0.1, 0.15) is 31.4 Å². The molecule has 1 fully saturated rings. The quantitative estimate of drug-likeness (QED) is 0.865. The van der Waals surface area contributed by atoms with Crippen molar-refractivity contribution in [3.63, 3.8) is 0 Å². The van der Waals surface area contributed by atoms with Crippen molar-refractivity contribution in [1.29, 1.82) is 0 Å². The van der Waals surface area contributed by atoms with Gasteiger partial charge in [-0.25, -0.2) is 4.39 Å². The molecule has 0 bridgehead atoms. The van der Waals surface area contributed by atoms with E-state index in [1.807, 2.05) is 0 Å². The number of aliphatic hydroxyl groups excluding tert-OH is 1. The Kier molecular flexibility index (Phi) is 5.52. The monoisotopic (exact) mass is 297 g/mol. The van der Waals surface area contributed by atoms with Crippen LogP contribution in [0.2, 0.25) is 0 Å². The fraction of sp³-hybridized carbons (Fsp3) is 0.533. The molecule has 1 saturated heterocycles. The van der Waals surface area contributed by atoms with Gasteiger partial charge in [0.05, 0.1) is 6.10 Å². The summed E-state index contributed by atoms with van der Waals surface area (Å²) in [6, 6.07) is 3.96. The number of halogens is 1. The molecule has 0 spiro atoms. The average Bonchev–Trinajstić information content (AvgIpc) is 2.46. The third-order valence-corrected chi connectivity index (χ3v) is 3.37. The van der Waals surface area contributed by atoms with Crippen molar-refractivity contribution in [3.8, 4) is 5.75 Å². The van der Waals surface area contributed by atoms with Crippen LogP contribution in [0.4, 0.5) is 4.39 Å². The third kappa shape index (κ3) is 4.68. The van der Waals surface area contributed by atoms with Gasteiger partial charge in [-0.15, -0.1) is 0 Å². The number of hydrogen-bond acceptors (Lipinski definition) is 4. The van der Waals surface area contributed by atoms with E-state index in [0.29, 0.717) is 18.8 Å². The Morgan fingerprint density at radius 3 is 2.90 bits per heavy atom. The molecular weight excluding hydrogens is 277 g/mol. The van der Waals surface area contributed by atoms with E-state index >= 15 is 0 Å². The standard InChI is InChI=1S/C15H20FNO4/c1-10(18)13-3-2-11(16)8-14(13)21-9-15(19)17-12-4-6-20-7-5-12/h2-3,8,10,12,18H,4-7,9H2,1H3,(H,17,19)/t10-/m0/s1. The van der Waals surface area contributed by atoms with Gasteiger partial charge in [0.2, 0.25) is 0 Å². The van der Waals surface area contributed by atoms with Crippen LogP contribution >= 0.6 is 0 Å². The fourth-order valence-corrected chi connectivity index (χ4v) is 2.23. The minimum absolute atomic E-state index is 0.0959. The second-order valence-corrected chi connectivity index (χ2v) is 5.10. The summed E-state index contributed by atoms with van der Waals surface area (Å²) in [5, 5.41) is 12.5. The Morgan fingerprint density at radius 2 is 2.24 bits per heavy atom. The molecule has 1 atom stereocenters. The summed E-state index contributed by atoms with van der Waals surface area (Å²) >= 11 is 0. The third-order valence-electron chi connectivity index (χ3n) is 3.37. The van der Waals surface area contributed by atoms with Gasteiger partial charge in [-0.3, -0.25) is 4.79 Å². The number of rotatable bonds is 5. The fourth-order valence-electron chi connectivity index (χ4n) is 2.23. The molecule has 2 rings (SSSR count). The lowest BCUT2D eigenvalue weighted by molar-refractivity contribution is -0.124. The Labute approximate surface area is 123 Å². The molecule has 2 N–H and O–H groups in total. The van der Waals surface area contributed by atoms with Crippen LogP contribution in [0.15, 0.2) is 18.2 Å². The SMILES string of the molecule is C[C@H](O)c1ccc(F)cc1OCC(=O)NC1CCOCC1. The van der Waals surface area contributed by atoms with Crippen molar-refractivity contribution in [1.82, 2.24) is 5.32 Å². The van der Waals surface area contributed by atoms with Crippen molar-refractivity contribution in [2.45, 2.75) is 31.9 Å². The summed E-state index contributed by atoms with van der Waals surface area (Å²) in [6.07, 6.45) is 0.772. The molecule has 116 valence electrons. The first-order chi connectivity index (χ1) is 10.1. The number of benzene rings is 1. The Bertz CT molecular complexity index is 487. The van der Waals surface area contributed by atoms with E-state index in [9.17, 15) is 14.3 Å². The number of carbonyl (C=O) groups is 1. The predicted octanol–water partition coefficient (Wildman–Crippen LogP) is 1.55. The van der Waals surface area contributed by atoms with E-state index in [2.05, 4.69) is 5.32 Å². The molecule has 6 heteroatoms. The lowest BCUT2D eigenvalue weighted by Crippen LogP contribution is -2.41. The second-order valence-electron chi connectivity index (χ2n) is 5.10. The lowest BCUT2D eigenvalue weighted by Gasteiger charge is -2.23. The largest absolute Gasteiger partial charge is 0.483 e. The number of aliphatic hydroxyl groups is 1. The van der Waals surface area contributed by atoms with Crippen LogP contribution in [0.3, 0.4) is 0 Å². The van der Waals surface area contributed by atoms with Gasteiger partial charge in [0, 0.05) is 30.9 Å². The topological polar surface area (TPSA) is 67.8 Å². The molecule has 1 aromatic rings. The molecule has 5 nitrogen and oxygen atoms in total. The maximum atomic E-state index is 13.2. The summed E-state index contributed by atoms with van der Waals surface area (Å²) in [5.74, 6) is -0.547. The second kappa shape index (κ2) is 7.38. The molecule has 21 heavy (non-hydrogen) atoms. The van der Waals surface area contributed by atoms with E-state index < -0.39 is 11.9 Å². The van der Waals surface area contributed by atoms with Crippen molar-refractivity contribution >= 4 is 5.91 Å². The van der Waals surface area contributed by atoms with Gasteiger partial charge in [0.1, 0.15) is 11.6 Å². The van der Waals surface area contributed by atoms with Crippen molar-refractivity contribution in [2.75, 3.05) is 19.8 Å². The zero-order chi connectivity index (χ0) is 15.2.